The van der Waals surface area contributed by atoms with E-state index in [-0.39, 0.29) is 37.1 Å². The van der Waals surface area contributed by atoms with Crippen molar-refractivity contribution in [2.75, 3.05) is 0 Å². The molecule has 6 heteroatoms. The van der Waals surface area contributed by atoms with E-state index >= 15 is 0 Å². The summed E-state index contributed by atoms with van der Waals surface area (Å²) in [6, 6.07) is 6.59. The van der Waals surface area contributed by atoms with Gasteiger partial charge in [-0.1, -0.05) is 24.3 Å². The van der Waals surface area contributed by atoms with Crippen molar-refractivity contribution in [3.05, 3.63) is 35.4 Å². The van der Waals surface area contributed by atoms with Crippen molar-refractivity contribution in [2.24, 2.45) is 5.73 Å². The van der Waals surface area contributed by atoms with Crippen LogP contribution in [0.25, 0.3) is 0 Å². The van der Waals surface area contributed by atoms with Gasteiger partial charge in [-0.3, -0.25) is 10.2 Å². The van der Waals surface area contributed by atoms with E-state index in [2.05, 4.69) is 0 Å². The van der Waals surface area contributed by atoms with Crippen LogP contribution in [0.4, 0.5) is 0 Å². The number of nitrogen functional groups attached to an aromatic ring is 1. The van der Waals surface area contributed by atoms with Crippen molar-refractivity contribution >= 4 is 36.6 Å². The highest BCUT2D eigenvalue weighted by Gasteiger charge is 2.00. The predicted octanol–water partition coefficient (Wildman–Crippen LogP) is 1.44. The third kappa shape index (κ3) is 5.24. The first kappa shape index (κ1) is 16.2. The number of hydrogen-bond donors (Lipinski definition) is 3. The molecule has 0 atom stereocenters. The average Bonchev–Trinajstić information content (AvgIpc) is 2.04. The largest absolute Gasteiger partial charge is 0.481 e. The first-order valence-corrected chi connectivity index (χ1v) is 3.74. The molecule has 4 N–H and O–H groups in total. The fourth-order valence-electron chi connectivity index (χ4n) is 0.977. The fourth-order valence-corrected chi connectivity index (χ4v) is 0.977. The van der Waals surface area contributed by atoms with Gasteiger partial charge in [-0.15, -0.1) is 24.8 Å². The number of rotatable bonds is 3. The van der Waals surface area contributed by atoms with E-state index in [9.17, 15) is 4.79 Å². The van der Waals surface area contributed by atoms with Crippen molar-refractivity contribution in [1.82, 2.24) is 0 Å². The second kappa shape index (κ2) is 7.09. The smallest absolute Gasteiger partial charge is 0.307 e. The number of amidine groups is 1. The van der Waals surface area contributed by atoms with E-state index < -0.39 is 5.97 Å². The molecule has 0 aromatic heterocycles. The molecule has 0 amide bonds. The van der Waals surface area contributed by atoms with Crippen molar-refractivity contribution in [3.63, 3.8) is 0 Å². The van der Waals surface area contributed by atoms with Gasteiger partial charge in [0.05, 0.1) is 6.42 Å². The zero-order valence-electron chi connectivity index (χ0n) is 7.77. The quantitative estimate of drug-likeness (QED) is 0.561. The number of halogens is 2. The Bertz CT molecular complexity index is 338. The molecule has 15 heavy (non-hydrogen) atoms. The van der Waals surface area contributed by atoms with Crippen molar-refractivity contribution in [3.8, 4) is 0 Å². The van der Waals surface area contributed by atoms with Crippen molar-refractivity contribution in [2.45, 2.75) is 6.42 Å². The molecule has 0 aliphatic heterocycles. The second-order valence-electron chi connectivity index (χ2n) is 2.68. The third-order valence-electron chi connectivity index (χ3n) is 1.62. The van der Waals surface area contributed by atoms with Gasteiger partial charge >= 0.3 is 5.97 Å². The summed E-state index contributed by atoms with van der Waals surface area (Å²) in [5, 5.41) is 15.6. The molecule has 0 saturated carbocycles. The molecule has 0 aliphatic rings. The molecular weight excluding hydrogens is 239 g/mol. The molecule has 0 fully saturated rings. The highest BCUT2D eigenvalue weighted by Crippen LogP contribution is 2.04. The van der Waals surface area contributed by atoms with E-state index in [4.69, 9.17) is 16.2 Å². The Hall–Kier alpha value is -1.26. The van der Waals surface area contributed by atoms with Crippen LogP contribution in [-0.4, -0.2) is 16.9 Å². The summed E-state index contributed by atoms with van der Waals surface area (Å²) < 4.78 is 0. The van der Waals surface area contributed by atoms with Crippen LogP contribution >= 0.6 is 24.8 Å². The molecule has 0 heterocycles. The minimum absolute atomic E-state index is 0. The Morgan fingerprint density at radius 1 is 1.27 bits per heavy atom. The molecule has 1 aromatic rings. The Morgan fingerprint density at radius 3 is 2.07 bits per heavy atom. The molecular formula is C9H12Cl2N2O2. The van der Waals surface area contributed by atoms with Gasteiger partial charge in [-0.2, -0.15) is 0 Å². The first-order valence-electron chi connectivity index (χ1n) is 3.74. The first-order chi connectivity index (χ1) is 6.09. The minimum atomic E-state index is -0.865. The number of hydrogen-bond acceptors (Lipinski definition) is 2. The van der Waals surface area contributed by atoms with Crippen molar-refractivity contribution in [1.29, 1.82) is 5.41 Å². The van der Waals surface area contributed by atoms with Crippen LogP contribution in [0.3, 0.4) is 0 Å². The monoisotopic (exact) mass is 250 g/mol. The molecule has 1 rings (SSSR count). The van der Waals surface area contributed by atoms with E-state index in [0.29, 0.717) is 11.1 Å². The van der Waals surface area contributed by atoms with Gasteiger partial charge in [-0.25, -0.2) is 0 Å². The summed E-state index contributed by atoms with van der Waals surface area (Å²) in [7, 11) is 0. The summed E-state index contributed by atoms with van der Waals surface area (Å²) in [5.41, 5.74) is 6.54. The lowest BCUT2D eigenvalue weighted by Gasteiger charge is -1.99. The number of benzene rings is 1. The maximum absolute atomic E-state index is 10.3. The van der Waals surface area contributed by atoms with Gasteiger partial charge in [-0.05, 0) is 5.56 Å². The zero-order valence-corrected chi connectivity index (χ0v) is 9.40. The SMILES string of the molecule is Cl.Cl.N=C(N)c1ccc(CC(=O)O)cc1. The van der Waals surface area contributed by atoms with Gasteiger partial charge in [0.1, 0.15) is 5.84 Å². The standard InChI is InChI=1S/C9H10N2O2.2ClH/c10-9(11)7-3-1-6(2-4-7)5-8(12)13;;/h1-4H,5H2,(H3,10,11)(H,12,13);2*1H. The van der Waals surface area contributed by atoms with Gasteiger partial charge in [0.25, 0.3) is 0 Å². The minimum Gasteiger partial charge on any atom is -0.481 e. The van der Waals surface area contributed by atoms with Crippen LogP contribution in [0.2, 0.25) is 0 Å². The third-order valence-corrected chi connectivity index (χ3v) is 1.62. The topological polar surface area (TPSA) is 87.2 Å². The Morgan fingerprint density at radius 2 is 1.73 bits per heavy atom. The van der Waals surface area contributed by atoms with E-state index in [0.717, 1.165) is 0 Å². The zero-order chi connectivity index (χ0) is 9.84. The molecule has 1 aromatic carbocycles. The van der Waals surface area contributed by atoms with Crippen LogP contribution < -0.4 is 5.73 Å². The predicted molar refractivity (Wildman–Crippen MR) is 63.3 cm³/mol. The van der Waals surface area contributed by atoms with Crippen LogP contribution in [-0.2, 0) is 11.2 Å². The number of nitrogens with one attached hydrogen (secondary N) is 1. The normalized spacial score (nSPS) is 8.27. The highest BCUT2D eigenvalue weighted by atomic mass is 35.5. The molecule has 0 radical (unpaired) electrons. The fraction of sp³-hybridized carbons (Fsp3) is 0.111. The second-order valence-corrected chi connectivity index (χ2v) is 2.68. The Labute approximate surface area is 99.8 Å². The Kier molecular flexibility index (Phi) is 7.65. The average molecular weight is 251 g/mol. The van der Waals surface area contributed by atoms with E-state index in [1.165, 1.54) is 0 Å². The molecule has 0 bridgehead atoms. The lowest BCUT2D eigenvalue weighted by Crippen LogP contribution is -2.11. The molecule has 0 saturated heterocycles. The van der Waals surface area contributed by atoms with Crippen LogP contribution in [0.1, 0.15) is 11.1 Å². The number of carbonyl (C=O) groups is 1. The summed E-state index contributed by atoms with van der Waals surface area (Å²) in [5.74, 6) is -0.877. The van der Waals surface area contributed by atoms with Gasteiger partial charge in [0, 0.05) is 5.56 Å². The van der Waals surface area contributed by atoms with Crippen LogP contribution in [0, 0.1) is 5.41 Å². The molecule has 84 valence electrons. The molecule has 0 spiro atoms. The van der Waals surface area contributed by atoms with Crippen LogP contribution in [0.5, 0.6) is 0 Å². The highest BCUT2D eigenvalue weighted by molar-refractivity contribution is 5.94. The maximum atomic E-state index is 10.3. The van der Waals surface area contributed by atoms with E-state index in [1.807, 2.05) is 0 Å². The number of aliphatic carboxylic acids is 1. The van der Waals surface area contributed by atoms with Gasteiger partial charge in [0.2, 0.25) is 0 Å². The molecule has 0 aliphatic carbocycles. The van der Waals surface area contributed by atoms with Gasteiger partial charge in [0.15, 0.2) is 0 Å². The van der Waals surface area contributed by atoms with Gasteiger partial charge < -0.3 is 10.8 Å². The molecule has 4 nitrogen and oxygen atoms in total. The molecule has 0 unspecified atom stereocenters. The number of carboxylic acids is 1. The van der Waals surface area contributed by atoms with E-state index in [1.54, 1.807) is 24.3 Å². The summed E-state index contributed by atoms with van der Waals surface area (Å²) in [6.07, 6.45) is -0.00180. The maximum Gasteiger partial charge on any atom is 0.307 e. The lowest BCUT2D eigenvalue weighted by molar-refractivity contribution is -0.136. The van der Waals surface area contributed by atoms with Crippen molar-refractivity contribution < 1.29 is 9.90 Å². The van der Waals surface area contributed by atoms with Crippen LogP contribution in [0.15, 0.2) is 24.3 Å². The summed E-state index contributed by atoms with van der Waals surface area (Å²) >= 11 is 0. The Balaban J connectivity index is 0. The summed E-state index contributed by atoms with van der Waals surface area (Å²) in [6.45, 7) is 0. The number of nitrogens with two attached hydrogens (primary N) is 1. The number of carboxylic acid groups (broad SMARTS) is 1. The lowest BCUT2D eigenvalue weighted by atomic mass is 10.1. The summed E-state index contributed by atoms with van der Waals surface area (Å²) in [4.78, 5) is 10.3.